The molecule has 43 heavy (non-hydrogen) atoms. The van der Waals surface area contributed by atoms with Gasteiger partial charge in [-0.15, -0.1) is 79.5 Å². The maximum atomic E-state index is 2.24. The molecule has 208 valence electrons. The largest absolute Gasteiger partial charge is 0.126 e. The summed E-state index contributed by atoms with van der Waals surface area (Å²) >= 11 is 1.39. The molecule has 0 saturated heterocycles. The van der Waals surface area contributed by atoms with Gasteiger partial charge in [0.25, 0.3) is 0 Å². The van der Waals surface area contributed by atoms with Gasteiger partial charge >= 0.3 is 105 Å². The van der Waals surface area contributed by atoms with E-state index in [0.29, 0.717) is 0 Å². The van der Waals surface area contributed by atoms with Gasteiger partial charge in [0.2, 0.25) is 0 Å². The molecule has 0 amide bonds. The predicted octanol–water partition coefficient (Wildman–Crippen LogP) is 4.34. The van der Waals surface area contributed by atoms with E-state index in [2.05, 4.69) is 167 Å². The fourth-order valence-electron chi connectivity index (χ4n) is 5.28. The zero-order valence-corrected chi connectivity index (χ0v) is 27.4. The smallest absolute Gasteiger partial charge is 0.0771 e. The van der Waals surface area contributed by atoms with Crippen molar-refractivity contribution in [2.75, 3.05) is 4.81 Å². The molecule has 0 saturated carbocycles. The molecule has 0 aliphatic carbocycles. The van der Waals surface area contributed by atoms with Crippen LogP contribution in [0.4, 0.5) is 11.4 Å². The van der Waals surface area contributed by atoms with E-state index in [4.69, 9.17) is 0 Å². The summed E-state index contributed by atoms with van der Waals surface area (Å²) < 4.78 is 2.16. The van der Waals surface area contributed by atoms with Crippen LogP contribution in [-0.2, 0) is 24.0 Å². The molecule has 0 aliphatic rings. The standard InChI is InChI=1S/2C13H9.C12H10BN.2ClH.Zr/c2*1-3-7-12-10(5-1)9-11-6-2-4-8-13(11)12;13-14(11-7-3-1-4-8-11)12-9-5-2-6-10-12;;;/h2*1-9H;1-10H;2*1H;/q2*-1;;;;+2/p-2. The van der Waals surface area contributed by atoms with E-state index in [1.165, 1.54) is 78.5 Å². The van der Waals surface area contributed by atoms with Crippen molar-refractivity contribution in [3.05, 3.63) is 170 Å². The topological polar surface area (TPSA) is 3.24 Å². The first kappa shape index (κ1) is 32.3. The normalized spacial score (nSPS) is 10.0. The molecule has 0 N–H and O–H groups in total. The molecule has 5 heteroatoms. The molecule has 8 rings (SSSR count). The second-order valence-electron chi connectivity index (χ2n) is 9.81. The minimum Gasteiger partial charge on any atom is -0.126 e. The Kier molecular flexibility index (Phi) is 11.8. The van der Waals surface area contributed by atoms with Crippen LogP contribution in [0.2, 0.25) is 0 Å². The second-order valence-corrected chi connectivity index (χ2v) is 10.4. The average Bonchev–Trinajstić information content (AvgIpc) is 3.62. The zero-order chi connectivity index (χ0) is 27.9. The Morgan fingerprint density at radius 1 is 0.372 bits per heavy atom. The van der Waals surface area contributed by atoms with Gasteiger partial charge in [-0.2, -0.15) is 0 Å². The number of halogens is 2. The Morgan fingerprint density at radius 2 is 0.628 bits per heavy atom. The molecule has 8 aromatic carbocycles. The zero-order valence-electron chi connectivity index (χ0n) is 23.4. The van der Waals surface area contributed by atoms with E-state index in [1.807, 2.05) is 12.1 Å². The number of hydrogen-bond donors (Lipinski definition) is 0. The van der Waals surface area contributed by atoms with Crippen LogP contribution in [0.25, 0.3) is 43.1 Å². The summed E-state index contributed by atoms with van der Waals surface area (Å²) in [6, 6.07) is 59.3. The average molecular weight is 672 g/mol. The third-order valence-corrected chi connectivity index (χ3v) is 7.88. The van der Waals surface area contributed by atoms with Gasteiger partial charge in [0.15, 0.2) is 0 Å². The van der Waals surface area contributed by atoms with E-state index in [0.717, 1.165) is 0 Å². The van der Waals surface area contributed by atoms with E-state index in [-0.39, 0.29) is 24.8 Å². The number of anilines is 2. The van der Waals surface area contributed by atoms with Crippen LogP contribution in [0.15, 0.2) is 170 Å². The Morgan fingerprint density at radius 3 is 0.907 bits per heavy atom. The molecule has 0 atom stereocenters. The van der Waals surface area contributed by atoms with Crippen molar-refractivity contribution in [1.82, 2.24) is 0 Å². The number of para-hydroxylation sites is 2. The van der Waals surface area contributed by atoms with Gasteiger partial charge in [0.05, 0.1) is 0 Å². The summed E-state index contributed by atoms with van der Waals surface area (Å²) in [5.41, 5.74) is 2.42. The number of hydrogen-bond acceptors (Lipinski definition) is 1. The number of nitrogens with zero attached hydrogens (tertiary/aromatic N) is 1. The second kappa shape index (κ2) is 15.7. The van der Waals surface area contributed by atoms with Gasteiger partial charge < -0.3 is 24.8 Å². The number of benzene rings is 6. The summed E-state index contributed by atoms with van der Waals surface area (Å²) in [6.07, 6.45) is 0. The number of rotatable bonds is 3. The molecular weight excluding hydrogens is 643 g/mol. The van der Waals surface area contributed by atoms with Gasteiger partial charge in [0, 0.05) is 0 Å². The predicted molar refractivity (Wildman–Crippen MR) is 175 cm³/mol. The van der Waals surface area contributed by atoms with Crippen molar-refractivity contribution in [2.45, 2.75) is 0 Å². The van der Waals surface area contributed by atoms with Crippen LogP contribution in [0, 0.1) is 0 Å². The summed E-state index contributed by atoms with van der Waals surface area (Å²) in [5, 5.41) is 10.8. The van der Waals surface area contributed by atoms with E-state index >= 15 is 0 Å². The summed E-state index contributed by atoms with van der Waals surface area (Å²) in [4.78, 5) is 2.21. The van der Waals surface area contributed by atoms with Crippen molar-refractivity contribution in [3.8, 4) is 0 Å². The first-order valence-corrected chi connectivity index (χ1v) is 15.2. The molecule has 0 unspecified atom stereocenters. The van der Waals surface area contributed by atoms with Gasteiger partial charge in [0.1, 0.15) is 0 Å². The fourth-order valence-corrected chi connectivity index (χ4v) is 6.02. The van der Waals surface area contributed by atoms with Crippen LogP contribution in [-0.4, -0.2) is 4.51 Å². The number of fused-ring (bicyclic) bond motifs is 6. The van der Waals surface area contributed by atoms with Crippen molar-refractivity contribution in [1.29, 1.82) is 0 Å². The van der Waals surface area contributed by atoms with Gasteiger partial charge in [-0.05, 0) is 0 Å². The van der Waals surface area contributed by atoms with E-state index in [9.17, 15) is 0 Å². The molecule has 0 bridgehead atoms. The Hall–Kier alpha value is -3.61. The monoisotopic (exact) mass is 669 g/mol. The first-order valence-electron chi connectivity index (χ1n) is 13.8. The SMILES string of the molecule is [Cl-].[Cl-].[Zr+2]=[B]N(c1ccccc1)c1ccccc1.c1ccc2c(c1)[cH-]c1ccccc12.c1ccc2c(c1)[cH-]c1ccccc12. The van der Waals surface area contributed by atoms with Gasteiger partial charge in [-0.25, -0.2) is 0 Å². The van der Waals surface area contributed by atoms with Crippen LogP contribution < -0.4 is 29.6 Å². The van der Waals surface area contributed by atoms with E-state index < -0.39 is 0 Å². The van der Waals surface area contributed by atoms with Crippen molar-refractivity contribution in [2.24, 2.45) is 0 Å². The molecule has 0 aliphatic heterocycles. The van der Waals surface area contributed by atoms with Crippen LogP contribution in [0.3, 0.4) is 0 Å². The van der Waals surface area contributed by atoms with E-state index in [1.54, 1.807) is 0 Å². The Balaban J connectivity index is 0.000000145. The first-order chi connectivity index (χ1) is 20.3. The summed E-state index contributed by atoms with van der Waals surface area (Å²) in [5.74, 6) is 0. The maximum absolute atomic E-state index is 2.24. The molecule has 0 heterocycles. The summed E-state index contributed by atoms with van der Waals surface area (Å²) in [7, 11) is 0. The van der Waals surface area contributed by atoms with Crippen LogP contribution in [0.5, 0.6) is 0 Å². The Bertz CT molecular complexity index is 1790. The minimum atomic E-state index is 0. The minimum absolute atomic E-state index is 0. The summed E-state index contributed by atoms with van der Waals surface area (Å²) in [6.45, 7) is 0. The molecule has 0 spiro atoms. The molecule has 8 aromatic rings. The van der Waals surface area contributed by atoms with Crippen LogP contribution in [0.1, 0.15) is 0 Å². The molecule has 1 nitrogen and oxygen atoms in total. The maximum Gasteiger partial charge on any atom is -0.0771 e. The van der Waals surface area contributed by atoms with Crippen molar-refractivity contribution >= 4 is 59.0 Å². The molecule has 0 fully saturated rings. The third kappa shape index (κ3) is 7.49. The van der Waals surface area contributed by atoms with Crippen molar-refractivity contribution in [3.63, 3.8) is 0 Å². The fraction of sp³-hybridized carbons (Fsp3) is 0. The third-order valence-electron chi connectivity index (χ3n) is 7.24. The quantitative estimate of drug-likeness (QED) is 0.200. The molecular formula is C38H28BCl2NZr-2. The van der Waals surface area contributed by atoms with Crippen LogP contribution >= 0.6 is 0 Å². The van der Waals surface area contributed by atoms with Gasteiger partial charge in [-0.3, -0.25) is 0 Å². The Labute approximate surface area is 280 Å². The van der Waals surface area contributed by atoms with Gasteiger partial charge in [-0.1, -0.05) is 72.8 Å². The molecule has 0 radical (unpaired) electrons. The molecule has 0 aromatic heterocycles. The van der Waals surface area contributed by atoms with Crippen molar-refractivity contribution < 1.29 is 48.8 Å².